The van der Waals surface area contributed by atoms with Crippen molar-refractivity contribution in [1.82, 2.24) is 9.88 Å². The van der Waals surface area contributed by atoms with E-state index in [0.29, 0.717) is 16.2 Å². The number of thiocarbonyl (C=S) groups is 1. The molecular formula is C14H20N4OS. The topological polar surface area (TPSA) is 71.2 Å². The first-order valence-corrected chi connectivity index (χ1v) is 7.29. The Morgan fingerprint density at radius 1 is 1.45 bits per heavy atom. The summed E-state index contributed by atoms with van der Waals surface area (Å²) in [6.45, 7) is 3.55. The van der Waals surface area contributed by atoms with Gasteiger partial charge in [-0.3, -0.25) is 9.78 Å². The van der Waals surface area contributed by atoms with Crippen LogP contribution in [0.3, 0.4) is 0 Å². The second-order valence-corrected chi connectivity index (χ2v) is 5.48. The minimum Gasteiger partial charge on any atom is -0.389 e. The zero-order chi connectivity index (χ0) is 14.5. The molecule has 1 aromatic heterocycles. The summed E-state index contributed by atoms with van der Waals surface area (Å²) >= 11 is 5.01. The molecule has 108 valence electrons. The van der Waals surface area contributed by atoms with Crippen LogP contribution in [0.15, 0.2) is 18.5 Å². The summed E-state index contributed by atoms with van der Waals surface area (Å²) < 4.78 is 0. The van der Waals surface area contributed by atoms with E-state index in [0.717, 1.165) is 25.9 Å². The number of amides is 1. The van der Waals surface area contributed by atoms with Crippen LogP contribution in [0.2, 0.25) is 0 Å². The molecule has 0 radical (unpaired) electrons. The first-order chi connectivity index (χ1) is 9.59. The lowest BCUT2D eigenvalue weighted by Crippen LogP contribution is -2.44. The van der Waals surface area contributed by atoms with E-state index in [1.165, 1.54) is 6.42 Å². The SMILES string of the molecule is CC(Nc1cnccc1C(N)=S)C(=O)N1CCCCC1. The Morgan fingerprint density at radius 2 is 2.15 bits per heavy atom. The molecule has 0 aromatic carbocycles. The van der Waals surface area contributed by atoms with Crippen LogP contribution >= 0.6 is 12.2 Å². The van der Waals surface area contributed by atoms with Crippen LogP contribution in [0, 0.1) is 0 Å². The van der Waals surface area contributed by atoms with E-state index in [2.05, 4.69) is 10.3 Å². The maximum atomic E-state index is 12.4. The molecule has 20 heavy (non-hydrogen) atoms. The molecule has 1 aliphatic rings. The predicted octanol–water partition coefficient (Wildman–Crippen LogP) is 1.53. The molecular weight excluding hydrogens is 272 g/mol. The molecule has 1 atom stereocenters. The van der Waals surface area contributed by atoms with Crippen LogP contribution < -0.4 is 11.1 Å². The first kappa shape index (κ1) is 14.7. The first-order valence-electron chi connectivity index (χ1n) is 6.88. The number of piperidine rings is 1. The molecule has 2 rings (SSSR count). The fourth-order valence-corrected chi connectivity index (χ4v) is 2.59. The summed E-state index contributed by atoms with van der Waals surface area (Å²) in [7, 11) is 0. The van der Waals surface area contributed by atoms with Gasteiger partial charge in [-0.1, -0.05) is 12.2 Å². The summed E-state index contributed by atoms with van der Waals surface area (Å²) in [5.41, 5.74) is 7.10. The van der Waals surface area contributed by atoms with Crippen LogP contribution in [0.5, 0.6) is 0 Å². The molecule has 0 spiro atoms. The van der Waals surface area contributed by atoms with Crippen molar-refractivity contribution in [1.29, 1.82) is 0 Å². The molecule has 3 N–H and O–H groups in total. The molecule has 1 unspecified atom stereocenters. The highest BCUT2D eigenvalue weighted by Crippen LogP contribution is 2.16. The number of hydrogen-bond acceptors (Lipinski definition) is 4. The number of nitrogens with two attached hydrogens (primary N) is 1. The van der Waals surface area contributed by atoms with Crippen LogP contribution in [0.4, 0.5) is 5.69 Å². The number of anilines is 1. The van der Waals surface area contributed by atoms with Gasteiger partial charge in [-0.05, 0) is 32.3 Å². The Kier molecular flexibility index (Phi) is 4.89. The molecule has 2 heterocycles. The lowest BCUT2D eigenvalue weighted by molar-refractivity contribution is -0.132. The Bertz CT molecular complexity index is 500. The monoisotopic (exact) mass is 292 g/mol. The summed E-state index contributed by atoms with van der Waals surface area (Å²) in [4.78, 5) is 18.6. The van der Waals surface area contributed by atoms with E-state index in [4.69, 9.17) is 18.0 Å². The summed E-state index contributed by atoms with van der Waals surface area (Å²) in [5.74, 6) is 0.113. The Labute approximate surface area is 124 Å². The average molecular weight is 292 g/mol. The second-order valence-electron chi connectivity index (χ2n) is 5.04. The maximum absolute atomic E-state index is 12.4. The zero-order valence-electron chi connectivity index (χ0n) is 11.6. The quantitative estimate of drug-likeness (QED) is 0.824. The third-order valence-corrected chi connectivity index (χ3v) is 3.72. The van der Waals surface area contributed by atoms with Crippen LogP contribution in [0.25, 0.3) is 0 Å². The van der Waals surface area contributed by atoms with Gasteiger partial charge in [0.05, 0.1) is 11.9 Å². The van der Waals surface area contributed by atoms with Crippen molar-refractivity contribution in [3.8, 4) is 0 Å². The van der Waals surface area contributed by atoms with Gasteiger partial charge in [-0.2, -0.15) is 0 Å². The Morgan fingerprint density at radius 3 is 2.80 bits per heavy atom. The molecule has 6 heteroatoms. The van der Waals surface area contributed by atoms with Gasteiger partial charge in [0.25, 0.3) is 0 Å². The lowest BCUT2D eigenvalue weighted by Gasteiger charge is -2.30. The fraction of sp³-hybridized carbons (Fsp3) is 0.500. The molecule has 5 nitrogen and oxygen atoms in total. The van der Waals surface area contributed by atoms with E-state index in [1.54, 1.807) is 18.5 Å². The van der Waals surface area contributed by atoms with Crippen molar-refractivity contribution in [2.24, 2.45) is 5.73 Å². The predicted molar refractivity (Wildman–Crippen MR) is 83.6 cm³/mol. The van der Waals surface area contributed by atoms with E-state index < -0.39 is 0 Å². The number of likely N-dealkylation sites (tertiary alicyclic amines) is 1. The minimum atomic E-state index is -0.314. The van der Waals surface area contributed by atoms with E-state index >= 15 is 0 Å². The highest BCUT2D eigenvalue weighted by molar-refractivity contribution is 7.80. The van der Waals surface area contributed by atoms with Gasteiger partial charge in [-0.15, -0.1) is 0 Å². The number of carbonyl (C=O) groups is 1. The molecule has 1 aliphatic heterocycles. The number of aromatic nitrogens is 1. The van der Waals surface area contributed by atoms with E-state index in [9.17, 15) is 4.79 Å². The van der Waals surface area contributed by atoms with Gasteiger partial charge in [0.15, 0.2) is 0 Å². The number of rotatable bonds is 4. The lowest BCUT2D eigenvalue weighted by atomic mass is 10.1. The van der Waals surface area contributed by atoms with Crippen molar-refractivity contribution in [2.75, 3.05) is 18.4 Å². The highest BCUT2D eigenvalue weighted by Gasteiger charge is 2.22. The standard InChI is InChI=1S/C14H20N4OS/c1-10(14(19)18-7-3-2-4-8-18)17-12-9-16-6-5-11(12)13(15)20/h5-6,9-10,17H,2-4,7-8H2,1H3,(H2,15,20). The van der Waals surface area contributed by atoms with Gasteiger partial charge in [-0.25, -0.2) is 0 Å². The zero-order valence-corrected chi connectivity index (χ0v) is 12.4. The van der Waals surface area contributed by atoms with Crippen LogP contribution in [-0.2, 0) is 4.79 Å². The van der Waals surface area contributed by atoms with E-state index in [1.807, 2.05) is 11.8 Å². The van der Waals surface area contributed by atoms with Gasteiger partial charge < -0.3 is 16.0 Å². The second kappa shape index (κ2) is 6.65. The molecule has 1 amide bonds. The van der Waals surface area contributed by atoms with Crippen LogP contribution in [0.1, 0.15) is 31.7 Å². The van der Waals surface area contributed by atoms with Gasteiger partial charge in [0.1, 0.15) is 11.0 Å². The molecule has 0 aliphatic carbocycles. The smallest absolute Gasteiger partial charge is 0.244 e. The minimum absolute atomic E-state index is 0.113. The van der Waals surface area contributed by atoms with E-state index in [-0.39, 0.29) is 11.9 Å². The average Bonchev–Trinajstić information content (AvgIpc) is 2.47. The molecule has 1 fully saturated rings. The Balaban J connectivity index is 2.05. The normalized spacial score (nSPS) is 16.6. The highest BCUT2D eigenvalue weighted by atomic mass is 32.1. The van der Waals surface area contributed by atoms with Gasteiger partial charge >= 0.3 is 0 Å². The molecule has 1 saturated heterocycles. The number of pyridine rings is 1. The third kappa shape index (κ3) is 3.45. The summed E-state index contributed by atoms with van der Waals surface area (Å²) in [6.07, 6.45) is 6.66. The van der Waals surface area contributed by atoms with Crippen molar-refractivity contribution in [2.45, 2.75) is 32.2 Å². The van der Waals surface area contributed by atoms with Crippen LogP contribution in [-0.4, -0.2) is 39.9 Å². The van der Waals surface area contributed by atoms with Crippen molar-refractivity contribution in [3.05, 3.63) is 24.0 Å². The third-order valence-electron chi connectivity index (χ3n) is 3.50. The Hall–Kier alpha value is -1.69. The number of carbonyl (C=O) groups excluding carboxylic acids is 1. The van der Waals surface area contributed by atoms with Gasteiger partial charge in [0.2, 0.25) is 5.91 Å². The molecule has 0 saturated carbocycles. The molecule has 1 aromatic rings. The maximum Gasteiger partial charge on any atom is 0.244 e. The van der Waals surface area contributed by atoms with Gasteiger partial charge in [0, 0.05) is 24.8 Å². The molecule has 0 bridgehead atoms. The number of nitrogens with zero attached hydrogens (tertiary/aromatic N) is 2. The number of nitrogens with one attached hydrogen (secondary N) is 1. The summed E-state index contributed by atoms with van der Waals surface area (Å²) in [5, 5.41) is 3.17. The summed E-state index contributed by atoms with van der Waals surface area (Å²) in [6, 6.07) is 1.44. The van der Waals surface area contributed by atoms with Crippen molar-refractivity contribution >= 4 is 28.8 Å². The largest absolute Gasteiger partial charge is 0.389 e. The number of hydrogen-bond donors (Lipinski definition) is 2. The van der Waals surface area contributed by atoms with Crippen molar-refractivity contribution in [3.63, 3.8) is 0 Å². The fourth-order valence-electron chi connectivity index (χ4n) is 2.41. The van der Waals surface area contributed by atoms with Crippen molar-refractivity contribution < 1.29 is 4.79 Å².